The Morgan fingerprint density at radius 3 is 2.10 bits per heavy atom. The summed E-state index contributed by atoms with van der Waals surface area (Å²) in [6.45, 7) is 21.5. The first kappa shape index (κ1) is 35.9. The monoisotopic (exact) mass is 578 g/mol. The molecule has 0 aromatic carbocycles. The number of carbonyl (C=O) groups excluding carboxylic acids is 2. The standard InChI is InChI=1S/C25H44N2O3.C7H14O2.C2H4/c1-18-10-9-13-26(5)22(20-15-27(16-20)21-11-7-6-8-12-21)17-30-24(29)25(3,4)23(28)19(2)14-18;1-5-3-6(2)9-7(8)4-5;1-2/h18-22H,6-17H2,1-5H3;5-8H,3-4H2,1-2H3;1-2H2/t18-,19-,22+;5-,6+,7+;/m10./s1. The van der Waals surface area contributed by atoms with Crippen LogP contribution in [0, 0.1) is 29.1 Å². The van der Waals surface area contributed by atoms with Crippen molar-refractivity contribution in [2.24, 2.45) is 29.1 Å². The molecule has 7 heteroatoms. The Bertz CT molecular complexity index is 767. The molecule has 6 atom stereocenters. The molecule has 0 spiro atoms. The summed E-state index contributed by atoms with van der Waals surface area (Å²) in [5.74, 6) is 1.22. The number of likely N-dealkylation sites (N-methyl/N-ethyl adjacent to an activating group) is 1. The van der Waals surface area contributed by atoms with Gasteiger partial charge in [0, 0.05) is 43.4 Å². The summed E-state index contributed by atoms with van der Waals surface area (Å²) in [4.78, 5) is 30.9. The average molecular weight is 579 g/mol. The van der Waals surface area contributed by atoms with Crippen LogP contribution in [0.3, 0.4) is 0 Å². The minimum absolute atomic E-state index is 0.0237. The molecule has 1 N–H and O–H groups in total. The summed E-state index contributed by atoms with van der Waals surface area (Å²) in [6, 6.07) is 1.00. The van der Waals surface area contributed by atoms with E-state index in [1.54, 1.807) is 13.8 Å². The van der Waals surface area contributed by atoms with E-state index in [4.69, 9.17) is 14.6 Å². The van der Waals surface area contributed by atoms with Crippen molar-refractivity contribution in [1.29, 1.82) is 0 Å². The molecule has 41 heavy (non-hydrogen) atoms. The molecule has 0 aromatic heterocycles. The van der Waals surface area contributed by atoms with Crippen molar-refractivity contribution < 1.29 is 24.2 Å². The van der Waals surface area contributed by atoms with E-state index in [-0.39, 0.29) is 29.8 Å². The summed E-state index contributed by atoms with van der Waals surface area (Å²) >= 11 is 0. The van der Waals surface area contributed by atoms with E-state index in [0.29, 0.717) is 24.4 Å². The van der Waals surface area contributed by atoms with Gasteiger partial charge in [0.25, 0.3) is 0 Å². The fourth-order valence-electron chi connectivity index (χ4n) is 7.29. The molecule has 1 aliphatic carbocycles. The van der Waals surface area contributed by atoms with Gasteiger partial charge in [-0.15, -0.1) is 13.2 Å². The van der Waals surface area contributed by atoms with Gasteiger partial charge in [-0.3, -0.25) is 19.4 Å². The zero-order chi connectivity index (χ0) is 30.7. The molecule has 238 valence electrons. The van der Waals surface area contributed by atoms with Crippen molar-refractivity contribution in [3.05, 3.63) is 13.2 Å². The fraction of sp³-hybridized carbons (Fsp3) is 0.882. The van der Waals surface area contributed by atoms with Gasteiger partial charge >= 0.3 is 5.97 Å². The number of carbonyl (C=O) groups is 2. The topological polar surface area (TPSA) is 79.3 Å². The Balaban J connectivity index is 0.000000450. The Morgan fingerprint density at radius 1 is 0.878 bits per heavy atom. The number of Topliss-reactive ketones (excluding diaryl/α,β-unsaturated/α-hetero) is 1. The highest BCUT2D eigenvalue weighted by atomic mass is 16.6. The molecule has 0 amide bonds. The quantitative estimate of drug-likeness (QED) is 0.241. The number of hydrogen-bond acceptors (Lipinski definition) is 7. The first-order chi connectivity index (χ1) is 19.4. The highest BCUT2D eigenvalue weighted by Gasteiger charge is 2.43. The van der Waals surface area contributed by atoms with Crippen LogP contribution in [-0.4, -0.2) is 84.4 Å². The molecule has 0 aromatic rings. The van der Waals surface area contributed by atoms with E-state index in [1.165, 1.54) is 32.1 Å². The number of cyclic esters (lactones) is 1. The van der Waals surface area contributed by atoms with Crippen LogP contribution in [0.25, 0.3) is 0 Å². The van der Waals surface area contributed by atoms with Crippen LogP contribution in [0.2, 0.25) is 0 Å². The number of ether oxygens (including phenoxy) is 2. The number of esters is 1. The van der Waals surface area contributed by atoms with Crippen LogP contribution >= 0.6 is 0 Å². The minimum Gasteiger partial charge on any atom is -0.463 e. The van der Waals surface area contributed by atoms with Crippen LogP contribution in [-0.2, 0) is 19.1 Å². The smallest absolute Gasteiger partial charge is 0.319 e. The molecule has 4 fully saturated rings. The Morgan fingerprint density at radius 2 is 1.51 bits per heavy atom. The fourth-order valence-corrected chi connectivity index (χ4v) is 7.29. The van der Waals surface area contributed by atoms with Crippen LogP contribution in [0.4, 0.5) is 0 Å². The van der Waals surface area contributed by atoms with Gasteiger partial charge in [-0.1, -0.05) is 40.0 Å². The Labute approximate surface area is 251 Å². The number of aliphatic hydroxyl groups is 1. The van der Waals surface area contributed by atoms with E-state index < -0.39 is 11.7 Å². The number of likely N-dealkylation sites (tertiary alicyclic amines) is 1. The van der Waals surface area contributed by atoms with Crippen LogP contribution in [0.1, 0.15) is 106 Å². The molecule has 0 bridgehead atoms. The van der Waals surface area contributed by atoms with Crippen molar-refractivity contribution in [2.75, 3.05) is 33.3 Å². The van der Waals surface area contributed by atoms with Gasteiger partial charge in [0.15, 0.2) is 12.1 Å². The molecule has 7 nitrogen and oxygen atoms in total. The zero-order valence-electron chi connectivity index (χ0n) is 27.4. The maximum atomic E-state index is 13.0. The summed E-state index contributed by atoms with van der Waals surface area (Å²) in [5, 5.41) is 9.03. The Kier molecular flexibility index (Phi) is 15.0. The molecule has 3 heterocycles. The van der Waals surface area contributed by atoms with E-state index in [1.807, 2.05) is 13.8 Å². The molecular formula is C34H62N2O5. The molecule has 4 rings (SSSR count). The molecular weight excluding hydrogens is 516 g/mol. The van der Waals surface area contributed by atoms with Crippen LogP contribution < -0.4 is 0 Å². The first-order valence-corrected chi connectivity index (χ1v) is 16.4. The lowest BCUT2D eigenvalue weighted by Gasteiger charge is -2.50. The lowest BCUT2D eigenvalue weighted by Crippen LogP contribution is -2.60. The second-order valence-electron chi connectivity index (χ2n) is 14.0. The lowest BCUT2D eigenvalue weighted by molar-refractivity contribution is -0.169. The number of ketones is 1. The third-order valence-electron chi connectivity index (χ3n) is 9.79. The van der Waals surface area contributed by atoms with Gasteiger partial charge in [0.1, 0.15) is 12.0 Å². The molecule has 3 aliphatic heterocycles. The third-order valence-corrected chi connectivity index (χ3v) is 9.79. The Hall–Kier alpha value is -1.28. The second-order valence-corrected chi connectivity index (χ2v) is 14.0. The van der Waals surface area contributed by atoms with E-state index in [9.17, 15) is 9.59 Å². The second kappa shape index (κ2) is 17.1. The predicted molar refractivity (Wildman–Crippen MR) is 166 cm³/mol. The van der Waals surface area contributed by atoms with E-state index in [2.05, 4.69) is 43.9 Å². The zero-order valence-corrected chi connectivity index (χ0v) is 27.4. The van der Waals surface area contributed by atoms with Crippen LogP contribution in [0.5, 0.6) is 0 Å². The van der Waals surface area contributed by atoms with E-state index >= 15 is 0 Å². The van der Waals surface area contributed by atoms with Crippen molar-refractivity contribution in [2.45, 2.75) is 130 Å². The van der Waals surface area contributed by atoms with Crippen molar-refractivity contribution in [3.8, 4) is 0 Å². The summed E-state index contributed by atoms with van der Waals surface area (Å²) < 4.78 is 10.9. The summed E-state index contributed by atoms with van der Waals surface area (Å²) in [6.07, 6.45) is 11.5. The molecule has 4 aliphatic rings. The number of nitrogens with zero attached hydrogens (tertiary/aromatic N) is 2. The van der Waals surface area contributed by atoms with Gasteiger partial charge in [-0.2, -0.15) is 0 Å². The SMILES string of the molecule is C=C.C[C@@H]1CCCN(C)[C@H](C2CN(C3CCCCC3)C2)COC(=O)C(C)(C)C(=O)[C@H](C)C1.C[C@H]1C[C@@H](C)O[C@@H](O)C1. The average Bonchev–Trinajstić information content (AvgIpc) is 2.90. The minimum atomic E-state index is -1.07. The maximum absolute atomic E-state index is 13.0. The van der Waals surface area contributed by atoms with Crippen molar-refractivity contribution >= 4 is 11.8 Å². The molecule has 3 saturated heterocycles. The van der Waals surface area contributed by atoms with Crippen molar-refractivity contribution in [3.63, 3.8) is 0 Å². The summed E-state index contributed by atoms with van der Waals surface area (Å²) in [7, 11) is 2.19. The molecule has 0 unspecified atom stereocenters. The highest BCUT2D eigenvalue weighted by Crippen LogP contribution is 2.33. The number of aliphatic hydroxyl groups excluding tert-OH is 1. The lowest BCUT2D eigenvalue weighted by atomic mass is 9.78. The summed E-state index contributed by atoms with van der Waals surface area (Å²) in [5.41, 5.74) is -1.07. The largest absolute Gasteiger partial charge is 0.463 e. The normalized spacial score (nSPS) is 35.1. The van der Waals surface area contributed by atoms with Gasteiger partial charge in [-0.25, -0.2) is 0 Å². The van der Waals surface area contributed by atoms with Gasteiger partial charge in [-0.05, 0) is 84.7 Å². The van der Waals surface area contributed by atoms with E-state index in [0.717, 1.165) is 57.8 Å². The highest BCUT2D eigenvalue weighted by molar-refractivity contribution is 6.03. The van der Waals surface area contributed by atoms with Crippen molar-refractivity contribution in [1.82, 2.24) is 9.80 Å². The van der Waals surface area contributed by atoms with Gasteiger partial charge in [0.05, 0.1) is 6.10 Å². The third kappa shape index (κ3) is 10.7. The molecule has 0 radical (unpaired) electrons. The maximum Gasteiger partial charge on any atom is 0.319 e. The van der Waals surface area contributed by atoms with Crippen LogP contribution in [0.15, 0.2) is 13.2 Å². The predicted octanol–water partition coefficient (Wildman–Crippen LogP) is 6.09. The van der Waals surface area contributed by atoms with Gasteiger partial charge in [0.2, 0.25) is 0 Å². The molecule has 1 saturated carbocycles. The number of hydrogen-bond donors (Lipinski definition) is 1. The van der Waals surface area contributed by atoms with Gasteiger partial charge < -0.3 is 14.6 Å². The number of rotatable bonds is 2. The first-order valence-electron chi connectivity index (χ1n) is 16.4.